The van der Waals surface area contributed by atoms with Gasteiger partial charge in [0, 0.05) is 31.9 Å². The predicted molar refractivity (Wildman–Crippen MR) is 113 cm³/mol. The van der Waals surface area contributed by atoms with Crippen molar-refractivity contribution in [3.8, 4) is 0 Å². The molecular formula is C20H24FN5O4S. The zero-order chi connectivity index (χ0) is 22.6. The molecule has 2 aromatic rings. The molecule has 1 unspecified atom stereocenters. The quantitative estimate of drug-likeness (QED) is 0.609. The van der Waals surface area contributed by atoms with E-state index in [4.69, 9.17) is 5.73 Å². The number of nitrogens with one attached hydrogen (secondary N) is 2. The molecule has 3 amide bonds. The fourth-order valence-corrected chi connectivity index (χ4v) is 4.75. The minimum atomic E-state index is -4.17. The second-order valence-electron chi connectivity index (χ2n) is 7.01. The fraction of sp³-hybridized carbons (Fsp3) is 0.300. The number of hydrogen-bond donors (Lipinski definition) is 3. The van der Waals surface area contributed by atoms with Crippen LogP contribution in [-0.4, -0.2) is 61.9 Å². The smallest absolute Gasteiger partial charge is 0.323 e. The summed E-state index contributed by atoms with van der Waals surface area (Å²) >= 11 is 0. The van der Waals surface area contributed by atoms with Gasteiger partial charge in [0.1, 0.15) is 5.82 Å². The number of halogens is 1. The molecule has 3 rings (SSSR count). The molecule has 0 radical (unpaired) electrons. The topological polar surface area (TPSA) is 125 Å². The van der Waals surface area contributed by atoms with Crippen molar-refractivity contribution in [2.75, 3.05) is 31.5 Å². The Labute approximate surface area is 180 Å². The molecule has 1 heterocycles. The number of nitrogens with zero attached hydrogens (tertiary/aromatic N) is 2. The molecular weight excluding hydrogens is 425 g/mol. The number of hydrogen-bond acceptors (Lipinski definition) is 5. The van der Waals surface area contributed by atoms with Gasteiger partial charge in [-0.1, -0.05) is 17.7 Å². The third kappa shape index (κ3) is 5.01. The molecule has 11 heteroatoms. The first-order valence-electron chi connectivity index (χ1n) is 9.63. The number of carbonyl (C=O) groups excluding carboxylic acids is 2. The van der Waals surface area contributed by atoms with Crippen LogP contribution in [0.1, 0.15) is 5.56 Å². The van der Waals surface area contributed by atoms with E-state index in [1.807, 2.05) is 19.1 Å². The molecule has 0 bridgehead atoms. The number of carbonyl (C=O) groups is 2. The molecule has 1 saturated heterocycles. The Morgan fingerprint density at radius 1 is 1.10 bits per heavy atom. The van der Waals surface area contributed by atoms with E-state index in [1.54, 1.807) is 12.1 Å². The van der Waals surface area contributed by atoms with E-state index in [0.29, 0.717) is 5.69 Å². The van der Waals surface area contributed by atoms with Crippen LogP contribution in [0.15, 0.2) is 53.4 Å². The first kappa shape index (κ1) is 22.7. The van der Waals surface area contributed by atoms with Gasteiger partial charge in [-0.15, -0.1) is 0 Å². The molecule has 4 N–H and O–H groups in total. The Balaban J connectivity index is 1.89. The van der Waals surface area contributed by atoms with Gasteiger partial charge in [-0.2, -0.15) is 4.31 Å². The molecule has 9 nitrogen and oxygen atoms in total. The van der Waals surface area contributed by atoms with Gasteiger partial charge < -0.3 is 16.4 Å². The van der Waals surface area contributed by atoms with Gasteiger partial charge in [0.15, 0.2) is 6.17 Å². The summed E-state index contributed by atoms with van der Waals surface area (Å²) in [4.78, 5) is 26.7. The van der Waals surface area contributed by atoms with Crippen LogP contribution in [-0.2, 0) is 14.8 Å². The number of urea groups is 1. The van der Waals surface area contributed by atoms with Crippen LogP contribution in [0.4, 0.5) is 14.9 Å². The molecule has 1 atom stereocenters. The van der Waals surface area contributed by atoms with Crippen molar-refractivity contribution in [2.24, 2.45) is 5.73 Å². The monoisotopic (exact) mass is 449 g/mol. The summed E-state index contributed by atoms with van der Waals surface area (Å²) in [5.74, 6) is -1.26. The number of anilines is 1. The van der Waals surface area contributed by atoms with E-state index in [9.17, 15) is 22.4 Å². The van der Waals surface area contributed by atoms with Crippen LogP contribution in [0, 0.1) is 12.7 Å². The lowest BCUT2D eigenvalue weighted by Crippen LogP contribution is -2.55. The second kappa shape index (κ2) is 9.41. The molecule has 0 aromatic heterocycles. The molecule has 2 aromatic carbocycles. The molecule has 1 aliphatic heterocycles. The van der Waals surface area contributed by atoms with E-state index >= 15 is 0 Å². The first-order chi connectivity index (χ1) is 14.7. The minimum Gasteiger partial charge on any atom is -0.352 e. The van der Waals surface area contributed by atoms with Crippen LogP contribution in [0.25, 0.3) is 0 Å². The summed E-state index contributed by atoms with van der Waals surface area (Å²) in [5, 5.41) is 5.22. The Morgan fingerprint density at radius 3 is 2.35 bits per heavy atom. The summed E-state index contributed by atoms with van der Waals surface area (Å²) in [6, 6.07) is 10.7. The number of sulfonamides is 1. The molecule has 1 fully saturated rings. The average Bonchev–Trinajstić information content (AvgIpc) is 3.20. The zero-order valence-corrected chi connectivity index (χ0v) is 17.7. The summed E-state index contributed by atoms with van der Waals surface area (Å²) in [5.41, 5.74) is 6.95. The van der Waals surface area contributed by atoms with E-state index in [2.05, 4.69) is 10.6 Å². The van der Waals surface area contributed by atoms with Crippen LogP contribution in [0.2, 0.25) is 0 Å². The summed E-state index contributed by atoms with van der Waals surface area (Å²) in [7, 11) is -4.17. The molecule has 31 heavy (non-hydrogen) atoms. The molecule has 1 aliphatic rings. The molecule has 166 valence electrons. The van der Waals surface area contributed by atoms with Gasteiger partial charge in [-0.3, -0.25) is 9.69 Å². The lowest BCUT2D eigenvalue weighted by Gasteiger charge is -2.28. The van der Waals surface area contributed by atoms with E-state index < -0.39 is 33.9 Å². The standard InChI is InChI=1S/C20H24FN5O4S/c1-14-2-6-16(7-3-14)24-20(28)25-12-13-26(19(25)18(27)23-11-10-22)31(29,30)17-8-4-15(21)5-9-17/h2-9,19H,10-13,22H2,1H3,(H,23,27)(H,24,28). The Kier molecular flexibility index (Phi) is 6.88. The van der Waals surface area contributed by atoms with E-state index in [0.717, 1.165) is 39.0 Å². The lowest BCUT2D eigenvalue weighted by atomic mass is 10.2. The van der Waals surface area contributed by atoms with Crippen molar-refractivity contribution in [3.63, 3.8) is 0 Å². The van der Waals surface area contributed by atoms with Gasteiger partial charge in [0.2, 0.25) is 10.0 Å². The summed E-state index contributed by atoms with van der Waals surface area (Å²) in [6.45, 7) is 2.08. The van der Waals surface area contributed by atoms with Crippen molar-refractivity contribution in [1.82, 2.24) is 14.5 Å². The van der Waals surface area contributed by atoms with Gasteiger partial charge in [-0.05, 0) is 43.3 Å². The number of aryl methyl sites for hydroxylation is 1. The number of rotatable bonds is 6. The average molecular weight is 450 g/mol. The highest BCUT2D eigenvalue weighted by atomic mass is 32.2. The number of amides is 3. The highest BCUT2D eigenvalue weighted by molar-refractivity contribution is 7.89. The van der Waals surface area contributed by atoms with Gasteiger partial charge >= 0.3 is 6.03 Å². The predicted octanol–water partition coefficient (Wildman–Crippen LogP) is 1.07. The maximum absolute atomic E-state index is 13.3. The van der Waals surface area contributed by atoms with Gasteiger partial charge in [-0.25, -0.2) is 17.6 Å². The maximum atomic E-state index is 13.3. The van der Waals surface area contributed by atoms with Crippen LogP contribution < -0.4 is 16.4 Å². The Morgan fingerprint density at radius 2 is 1.74 bits per heavy atom. The van der Waals surface area contributed by atoms with E-state index in [-0.39, 0.29) is 31.1 Å². The summed E-state index contributed by atoms with van der Waals surface area (Å²) < 4.78 is 40.5. The number of benzene rings is 2. The normalized spacial score (nSPS) is 16.9. The second-order valence-corrected chi connectivity index (χ2v) is 8.90. The molecule has 0 aliphatic carbocycles. The summed E-state index contributed by atoms with van der Waals surface area (Å²) in [6.07, 6.45) is -1.41. The van der Waals surface area contributed by atoms with Crippen LogP contribution in [0.5, 0.6) is 0 Å². The maximum Gasteiger partial charge on any atom is 0.323 e. The lowest BCUT2D eigenvalue weighted by molar-refractivity contribution is -0.127. The van der Waals surface area contributed by atoms with Crippen molar-refractivity contribution in [2.45, 2.75) is 18.0 Å². The third-order valence-electron chi connectivity index (χ3n) is 4.79. The third-order valence-corrected chi connectivity index (χ3v) is 6.66. The largest absolute Gasteiger partial charge is 0.352 e. The van der Waals surface area contributed by atoms with Crippen molar-refractivity contribution in [1.29, 1.82) is 0 Å². The van der Waals surface area contributed by atoms with Gasteiger partial charge in [0.25, 0.3) is 5.91 Å². The van der Waals surface area contributed by atoms with E-state index in [1.165, 1.54) is 0 Å². The highest BCUT2D eigenvalue weighted by Gasteiger charge is 2.46. The van der Waals surface area contributed by atoms with Crippen molar-refractivity contribution >= 4 is 27.6 Å². The SMILES string of the molecule is Cc1ccc(NC(=O)N2CCN(S(=O)(=O)c3ccc(F)cc3)C2C(=O)NCCN)cc1. The van der Waals surface area contributed by atoms with Crippen LogP contribution in [0.3, 0.4) is 0 Å². The Bertz CT molecular complexity index is 1040. The molecule has 0 spiro atoms. The van der Waals surface area contributed by atoms with Gasteiger partial charge in [0.05, 0.1) is 4.90 Å². The molecule has 0 saturated carbocycles. The van der Waals surface area contributed by atoms with Crippen LogP contribution >= 0.6 is 0 Å². The zero-order valence-electron chi connectivity index (χ0n) is 16.9. The fourth-order valence-electron chi connectivity index (χ4n) is 3.20. The highest BCUT2D eigenvalue weighted by Crippen LogP contribution is 2.25. The minimum absolute atomic E-state index is 0.00116. The van der Waals surface area contributed by atoms with Crippen molar-refractivity contribution in [3.05, 3.63) is 59.9 Å². The Hall–Kier alpha value is -3.02. The van der Waals surface area contributed by atoms with Crippen molar-refractivity contribution < 1.29 is 22.4 Å². The number of nitrogens with two attached hydrogens (primary N) is 1. The first-order valence-corrected chi connectivity index (χ1v) is 11.1.